The number of rotatable bonds is 3. The number of hydrogen-bond donors (Lipinski definition) is 1. The summed E-state index contributed by atoms with van der Waals surface area (Å²) in [7, 11) is 0. The second-order valence-electron chi connectivity index (χ2n) is 7.72. The molecule has 2 N–H and O–H groups in total. The molecule has 0 radical (unpaired) electrons. The summed E-state index contributed by atoms with van der Waals surface area (Å²) < 4.78 is 0. The summed E-state index contributed by atoms with van der Waals surface area (Å²) in [5.41, 5.74) is 7.08. The lowest BCUT2D eigenvalue weighted by Crippen LogP contribution is -2.54. The highest BCUT2D eigenvalue weighted by Gasteiger charge is 2.38. The number of nitrogens with zero attached hydrogens (tertiary/aromatic N) is 2. The molecule has 2 heterocycles. The van der Waals surface area contributed by atoms with Gasteiger partial charge in [-0.05, 0) is 76.7 Å². The van der Waals surface area contributed by atoms with Gasteiger partial charge in [0.25, 0.3) is 0 Å². The second kappa shape index (κ2) is 6.76. The van der Waals surface area contributed by atoms with E-state index in [0.29, 0.717) is 5.41 Å². The van der Waals surface area contributed by atoms with Gasteiger partial charge in [0.05, 0.1) is 0 Å². The van der Waals surface area contributed by atoms with E-state index in [2.05, 4.69) is 30.6 Å². The van der Waals surface area contributed by atoms with Crippen molar-refractivity contribution < 1.29 is 0 Å². The van der Waals surface area contributed by atoms with Crippen LogP contribution in [0.2, 0.25) is 0 Å². The van der Waals surface area contributed by atoms with Crippen molar-refractivity contribution in [2.24, 2.45) is 11.1 Å². The standard InChI is InChI=1S/C17H35N3/c1-4-19-11-6-8-17(15-18,10-13-19)20-12-5-7-16(2,3)9-14-20/h4-15,18H2,1-3H3. The van der Waals surface area contributed by atoms with E-state index in [4.69, 9.17) is 5.73 Å². The largest absolute Gasteiger partial charge is 0.329 e. The molecule has 0 aromatic rings. The molecule has 0 aromatic carbocycles. The highest BCUT2D eigenvalue weighted by atomic mass is 15.2. The fourth-order valence-corrected chi connectivity index (χ4v) is 4.10. The molecule has 1 unspecified atom stereocenters. The summed E-state index contributed by atoms with van der Waals surface area (Å²) in [5, 5.41) is 0. The van der Waals surface area contributed by atoms with Gasteiger partial charge < -0.3 is 10.6 Å². The van der Waals surface area contributed by atoms with Gasteiger partial charge in [0.15, 0.2) is 0 Å². The van der Waals surface area contributed by atoms with Gasteiger partial charge in [0.2, 0.25) is 0 Å². The summed E-state index contributed by atoms with van der Waals surface area (Å²) >= 11 is 0. The summed E-state index contributed by atoms with van der Waals surface area (Å²) in [4.78, 5) is 5.36. The van der Waals surface area contributed by atoms with Crippen LogP contribution in [0.1, 0.15) is 59.3 Å². The molecule has 0 bridgehead atoms. The first-order valence-electron chi connectivity index (χ1n) is 8.69. The van der Waals surface area contributed by atoms with E-state index in [1.54, 1.807) is 0 Å². The molecule has 3 heteroatoms. The van der Waals surface area contributed by atoms with Crippen molar-refractivity contribution in [1.82, 2.24) is 9.80 Å². The maximum absolute atomic E-state index is 6.28. The zero-order chi connectivity index (χ0) is 14.6. The average molecular weight is 281 g/mol. The molecule has 2 fully saturated rings. The smallest absolute Gasteiger partial charge is 0.0344 e. The minimum absolute atomic E-state index is 0.282. The molecule has 0 saturated carbocycles. The molecular weight excluding hydrogens is 246 g/mol. The Balaban J connectivity index is 2.06. The minimum Gasteiger partial charge on any atom is -0.329 e. The summed E-state index contributed by atoms with van der Waals surface area (Å²) in [5.74, 6) is 0. The minimum atomic E-state index is 0.282. The predicted octanol–water partition coefficient (Wildman–Crippen LogP) is 2.70. The molecule has 1 atom stereocenters. The highest BCUT2D eigenvalue weighted by Crippen LogP contribution is 2.35. The van der Waals surface area contributed by atoms with Crippen LogP contribution < -0.4 is 5.73 Å². The predicted molar refractivity (Wildman–Crippen MR) is 87.0 cm³/mol. The zero-order valence-corrected chi connectivity index (χ0v) is 14.0. The van der Waals surface area contributed by atoms with Crippen LogP contribution in [-0.4, -0.2) is 54.6 Å². The van der Waals surface area contributed by atoms with E-state index in [-0.39, 0.29) is 5.54 Å². The Morgan fingerprint density at radius 3 is 2.35 bits per heavy atom. The van der Waals surface area contributed by atoms with E-state index in [9.17, 15) is 0 Å². The van der Waals surface area contributed by atoms with Gasteiger partial charge >= 0.3 is 0 Å². The quantitative estimate of drug-likeness (QED) is 0.863. The average Bonchev–Trinajstić information content (AvgIpc) is 2.75. The van der Waals surface area contributed by atoms with Gasteiger partial charge in [0.1, 0.15) is 0 Å². The Labute approximate surface area is 125 Å². The van der Waals surface area contributed by atoms with Crippen molar-refractivity contribution in [1.29, 1.82) is 0 Å². The van der Waals surface area contributed by atoms with Crippen LogP contribution in [0, 0.1) is 5.41 Å². The Kier molecular flexibility index (Phi) is 5.49. The molecule has 0 amide bonds. The van der Waals surface area contributed by atoms with Crippen LogP contribution in [0.5, 0.6) is 0 Å². The number of nitrogens with two attached hydrogens (primary N) is 1. The maximum atomic E-state index is 6.28. The third kappa shape index (κ3) is 3.75. The lowest BCUT2D eigenvalue weighted by molar-refractivity contribution is 0.0785. The van der Waals surface area contributed by atoms with Crippen LogP contribution in [-0.2, 0) is 0 Å². The van der Waals surface area contributed by atoms with E-state index in [1.165, 1.54) is 71.2 Å². The zero-order valence-electron chi connectivity index (χ0n) is 14.0. The first kappa shape index (κ1) is 16.3. The molecule has 0 aliphatic carbocycles. The molecule has 0 spiro atoms. The Morgan fingerprint density at radius 2 is 1.65 bits per heavy atom. The van der Waals surface area contributed by atoms with Crippen molar-refractivity contribution in [2.75, 3.05) is 39.3 Å². The molecule has 0 aromatic heterocycles. The third-order valence-electron chi connectivity index (χ3n) is 5.85. The van der Waals surface area contributed by atoms with Crippen LogP contribution in [0.25, 0.3) is 0 Å². The normalized spacial score (nSPS) is 33.6. The monoisotopic (exact) mass is 281 g/mol. The SMILES string of the molecule is CCN1CCCC(CN)(N2CCCC(C)(C)CC2)CC1. The summed E-state index contributed by atoms with van der Waals surface area (Å²) in [6, 6.07) is 0. The van der Waals surface area contributed by atoms with Crippen molar-refractivity contribution in [3.05, 3.63) is 0 Å². The van der Waals surface area contributed by atoms with Crippen LogP contribution in [0.4, 0.5) is 0 Å². The Hall–Kier alpha value is -0.120. The maximum Gasteiger partial charge on any atom is 0.0344 e. The molecule has 20 heavy (non-hydrogen) atoms. The molecule has 3 nitrogen and oxygen atoms in total. The van der Waals surface area contributed by atoms with Gasteiger partial charge in [0, 0.05) is 12.1 Å². The number of likely N-dealkylation sites (tertiary alicyclic amines) is 2. The van der Waals surface area contributed by atoms with Gasteiger partial charge in [-0.25, -0.2) is 0 Å². The molecule has 2 aliphatic heterocycles. The van der Waals surface area contributed by atoms with E-state index in [1.807, 2.05) is 0 Å². The van der Waals surface area contributed by atoms with E-state index in [0.717, 1.165) is 6.54 Å². The fourth-order valence-electron chi connectivity index (χ4n) is 4.10. The van der Waals surface area contributed by atoms with Gasteiger partial charge in [-0.3, -0.25) is 4.90 Å². The summed E-state index contributed by atoms with van der Waals surface area (Å²) in [6.45, 7) is 14.2. The van der Waals surface area contributed by atoms with Crippen LogP contribution in [0.3, 0.4) is 0 Å². The Bertz CT molecular complexity index is 303. The number of hydrogen-bond acceptors (Lipinski definition) is 3. The van der Waals surface area contributed by atoms with Crippen molar-refractivity contribution in [3.63, 3.8) is 0 Å². The lowest BCUT2D eigenvalue weighted by Gasteiger charge is -2.43. The van der Waals surface area contributed by atoms with E-state index >= 15 is 0 Å². The van der Waals surface area contributed by atoms with Crippen molar-refractivity contribution in [3.8, 4) is 0 Å². The van der Waals surface area contributed by atoms with E-state index < -0.39 is 0 Å². The van der Waals surface area contributed by atoms with Crippen molar-refractivity contribution >= 4 is 0 Å². The molecule has 2 aliphatic rings. The first-order chi connectivity index (χ1) is 9.51. The first-order valence-corrected chi connectivity index (χ1v) is 8.69. The third-order valence-corrected chi connectivity index (χ3v) is 5.85. The molecule has 2 saturated heterocycles. The molecule has 2 rings (SSSR count). The fraction of sp³-hybridized carbons (Fsp3) is 1.00. The highest BCUT2D eigenvalue weighted by molar-refractivity contribution is 4.96. The molecular formula is C17H35N3. The lowest BCUT2D eigenvalue weighted by atomic mass is 9.85. The Morgan fingerprint density at radius 1 is 0.900 bits per heavy atom. The van der Waals surface area contributed by atoms with Crippen LogP contribution >= 0.6 is 0 Å². The van der Waals surface area contributed by atoms with Gasteiger partial charge in [-0.2, -0.15) is 0 Å². The van der Waals surface area contributed by atoms with Gasteiger partial charge in [-0.15, -0.1) is 0 Å². The van der Waals surface area contributed by atoms with Crippen LogP contribution in [0.15, 0.2) is 0 Å². The van der Waals surface area contributed by atoms with Gasteiger partial charge in [-0.1, -0.05) is 20.8 Å². The molecule has 118 valence electrons. The van der Waals surface area contributed by atoms with Crippen molar-refractivity contribution in [2.45, 2.75) is 64.8 Å². The second-order valence-corrected chi connectivity index (χ2v) is 7.72. The summed E-state index contributed by atoms with van der Waals surface area (Å²) in [6.07, 6.45) is 7.90. The topological polar surface area (TPSA) is 32.5 Å².